The molecule has 138 valence electrons. The van der Waals surface area contributed by atoms with Crippen LogP contribution in [0.2, 0.25) is 0 Å². The summed E-state index contributed by atoms with van der Waals surface area (Å²) in [4.78, 5) is 12.6. The molecule has 4 rings (SSSR count). The molecule has 4 atom stereocenters. The van der Waals surface area contributed by atoms with Gasteiger partial charge in [-0.1, -0.05) is 49.3 Å². The molecule has 2 heterocycles. The van der Waals surface area contributed by atoms with E-state index < -0.39 is 0 Å². The summed E-state index contributed by atoms with van der Waals surface area (Å²) >= 11 is 0. The summed E-state index contributed by atoms with van der Waals surface area (Å²) in [6.07, 6.45) is 3.00. The number of aromatic nitrogens is 1. The number of carbonyl (C=O) groups excluding carboxylic acids is 1. The maximum atomic E-state index is 12.6. The van der Waals surface area contributed by atoms with Crippen LogP contribution in [0.15, 0.2) is 40.9 Å². The molecule has 1 aromatic carbocycles. The van der Waals surface area contributed by atoms with E-state index in [0.717, 1.165) is 31.6 Å². The molecule has 1 amide bonds. The molecule has 0 radical (unpaired) electrons. The van der Waals surface area contributed by atoms with Gasteiger partial charge in [0, 0.05) is 30.6 Å². The number of fused-ring (bicyclic) bond motifs is 1. The van der Waals surface area contributed by atoms with Gasteiger partial charge in [0.25, 0.3) is 5.91 Å². The van der Waals surface area contributed by atoms with Crippen molar-refractivity contribution in [3.05, 3.63) is 53.4 Å². The Morgan fingerprint density at radius 1 is 1.31 bits per heavy atom. The van der Waals surface area contributed by atoms with Gasteiger partial charge in [0.15, 0.2) is 0 Å². The van der Waals surface area contributed by atoms with Crippen molar-refractivity contribution in [2.45, 2.75) is 45.3 Å². The van der Waals surface area contributed by atoms with E-state index in [1.54, 1.807) is 6.07 Å². The lowest BCUT2D eigenvalue weighted by molar-refractivity contribution is -0.0530. The third-order valence-electron chi connectivity index (χ3n) is 5.54. The Hall–Kier alpha value is -2.14. The van der Waals surface area contributed by atoms with E-state index >= 15 is 0 Å². The summed E-state index contributed by atoms with van der Waals surface area (Å²) in [6, 6.07) is 12.3. The van der Waals surface area contributed by atoms with E-state index in [2.05, 4.69) is 48.6 Å². The molecule has 2 aliphatic rings. The molecule has 0 bridgehead atoms. The van der Waals surface area contributed by atoms with Crippen molar-refractivity contribution >= 4 is 5.91 Å². The van der Waals surface area contributed by atoms with Gasteiger partial charge in [-0.05, 0) is 30.7 Å². The predicted molar refractivity (Wildman–Crippen MR) is 97.8 cm³/mol. The van der Waals surface area contributed by atoms with E-state index in [1.807, 2.05) is 6.07 Å². The van der Waals surface area contributed by atoms with E-state index in [4.69, 9.17) is 9.26 Å². The summed E-state index contributed by atoms with van der Waals surface area (Å²) in [6.45, 7) is 5.03. The lowest BCUT2D eigenvalue weighted by Crippen LogP contribution is -2.62. The Morgan fingerprint density at radius 2 is 2.12 bits per heavy atom. The normalized spacial score (nSPS) is 27.2. The van der Waals surface area contributed by atoms with Crippen LogP contribution in [0.4, 0.5) is 0 Å². The van der Waals surface area contributed by atoms with E-state index in [1.165, 1.54) is 5.56 Å². The largest absolute Gasteiger partial charge is 0.377 e. The zero-order chi connectivity index (χ0) is 18.1. The fourth-order valence-electron chi connectivity index (χ4n) is 4.33. The van der Waals surface area contributed by atoms with Crippen LogP contribution >= 0.6 is 0 Å². The van der Waals surface area contributed by atoms with Crippen molar-refractivity contribution < 1.29 is 14.1 Å². The smallest absolute Gasteiger partial charge is 0.290 e. The fraction of sp³-hybridized carbons (Fsp3) is 0.524. The molecule has 1 saturated carbocycles. The molecule has 1 aliphatic carbocycles. The van der Waals surface area contributed by atoms with Crippen molar-refractivity contribution in [1.29, 1.82) is 0 Å². The Labute approximate surface area is 154 Å². The van der Waals surface area contributed by atoms with Gasteiger partial charge >= 0.3 is 0 Å². The second-order valence-corrected chi connectivity index (χ2v) is 7.92. The van der Waals surface area contributed by atoms with Crippen LogP contribution in [-0.4, -0.2) is 29.8 Å². The number of nitrogens with zero attached hydrogens (tertiary/aromatic N) is 1. The molecule has 2 aromatic rings. The molecule has 5 nitrogen and oxygen atoms in total. The standard InChI is InChI=1S/C21H26N2O3/c1-13(2)10-15-12-18(26-23-15)21(24)22-19-16-8-9-25-20(16)17(19)11-14-6-4-3-5-7-14/h3-7,12-13,16-17,19-20H,8-11H2,1-2H3,(H,22,24)/t16-,17+,19-,20-/m0/s1. The summed E-state index contributed by atoms with van der Waals surface area (Å²) in [5, 5.41) is 7.21. The number of benzene rings is 1. The number of rotatable bonds is 6. The number of nitrogens with one attached hydrogen (secondary N) is 1. The van der Waals surface area contributed by atoms with Crippen molar-refractivity contribution in [2.24, 2.45) is 17.8 Å². The first-order chi connectivity index (χ1) is 12.6. The monoisotopic (exact) mass is 354 g/mol. The van der Waals surface area contributed by atoms with Crippen LogP contribution in [0.1, 0.15) is 42.1 Å². The first-order valence-corrected chi connectivity index (χ1v) is 9.54. The first kappa shape index (κ1) is 17.3. The molecule has 0 unspecified atom stereocenters. The van der Waals surface area contributed by atoms with Crippen LogP contribution in [0, 0.1) is 17.8 Å². The van der Waals surface area contributed by atoms with Crippen LogP contribution in [0.25, 0.3) is 0 Å². The molecule has 1 aliphatic heterocycles. The molecule has 1 saturated heterocycles. The van der Waals surface area contributed by atoms with Crippen LogP contribution < -0.4 is 5.32 Å². The van der Waals surface area contributed by atoms with Gasteiger partial charge < -0.3 is 14.6 Å². The van der Waals surface area contributed by atoms with Gasteiger partial charge in [0.1, 0.15) is 0 Å². The maximum absolute atomic E-state index is 12.6. The quantitative estimate of drug-likeness (QED) is 0.865. The number of ether oxygens (including phenoxy) is 1. The maximum Gasteiger partial charge on any atom is 0.290 e. The lowest BCUT2D eigenvalue weighted by atomic mass is 9.64. The summed E-state index contributed by atoms with van der Waals surface area (Å²) in [5.41, 5.74) is 2.12. The summed E-state index contributed by atoms with van der Waals surface area (Å²) < 4.78 is 11.2. The van der Waals surface area contributed by atoms with Crippen molar-refractivity contribution in [2.75, 3.05) is 6.61 Å². The van der Waals surface area contributed by atoms with Gasteiger partial charge in [-0.25, -0.2) is 0 Å². The molecule has 1 N–H and O–H groups in total. The van der Waals surface area contributed by atoms with Crippen LogP contribution in [0.5, 0.6) is 0 Å². The minimum Gasteiger partial charge on any atom is -0.377 e. The highest BCUT2D eigenvalue weighted by Gasteiger charge is 2.54. The van der Waals surface area contributed by atoms with Gasteiger partial charge in [-0.15, -0.1) is 0 Å². The molecular weight excluding hydrogens is 328 g/mol. The van der Waals surface area contributed by atoms with Gasteiger partial charge in [0.05, 0.1) is 11.8 Å². The molecule has 26 heavy (non-hydrogen) atoms. The van der Waals surface area contributed by atoms with Crippen molar-refractivity contribution in [3.8, 4) is 0 Å². The number of carbonyl (C=O) groups is 1. The SMILES string of the molecule is CC(C)Cc1cc(C(=O)N[C@@H]2[C@@H](Cc3ccccc3)[C@H]3OCC[C@@H]23)on1. The third-order valence-corrected chi connectivity index (χ3v) is 5.54. The second kappa shape index (κ2) is 7.23. The minimum atomic E-state index is -0.166. The molecule has 1 aromatic heterocycles. The highest BCUT2D eigenvalue weighted by Crippen LogP contribution is 2.45. The van der Waals surface area contributed by atoms with Gasteiger partial charge in [-0.3, -0.25) is 4.79 Å². The Bertz CT molecular complexity index is 756. The summed E-state index contributed by atoms with van der Waals surface area (Å²) in [7, 11) is 0. The second-order valence-electron chi connectivity index (χ2n) is 7.92. The Kier molecular flexibility index (Phi) is 4.81. The number of amides is 1. The van der Waals surface area contributed by atoms with Crippen molar-refractivity contribution in [1.82, 2.24) is 10.5 Å². The molecular formula is C21H26N2O3. The van der Waals surface area contributed by atoms with Crippen LogP contribution in [-0.2, 0) is 17.6 Å². The molecule has 5 heteroatoms. The minimum absolute atomic E-state index is 0.133. The first-order valence-electron chi connectivity index (χ1n) is 9.54. The number of hydrogen-bond acceptors (Lipinski definition) is 4. The third kappa shape index (κ3) is 3.40. The zero-order valence-corrected chi connectivity index (χ0v) is 15.4. The average molecular weight is 354 g/mol. The highest BCUT2D eigenvalue weighted by atomic mass is 16.5. The molecule has 2 fully saturated rings. The highest BCUT2D eigenvalue weighted by molar-refractivity contribution is 5.91. The lowest BCUT2D eigenvalue weighted by Gasteiger charge is -2.48. The van der Waals surface area contributed by atoms with E-state index in [-0.39, 0.29) is 18.1 Å². The van der Waals surface area contributed by atoms with Gasteiger partial charge in [0.2, 0.25) is 5.76 Å². The predicted octanol–water partition coefficient (Wildman–Crippen LogP) is 3.25. The van der Waals surface area contributed by atoms with Crippen molar-refractivity contribution in [3.63, 3.8) is 0 Å². The van der Waals surface area contributed by atoms with E-state index in [9.17, 15) is 4.79 Å². The van der Waals surface area contributed by atoms with Gasteiger partial charge in [-0.2, -0.15) is 0 Å². The Balaban J connectivity index is 1.43. The molecule has 0 spiro atoms. The Morgan fingerprint density at radius 3 is 2.88 bits per heavy atom. The van der Waals surface area contributed by atoms with E-state index in [0.29, 0.717) is 23.5 Å². The topological polar surface area (TPSA) is 64.4 Å². The summed E-state index contributed by atoms with van der Waals surface area (Å²) in [5.74, 6) is 1.34. The fourth-order valence-corrected chi connectivity index (χ4v) is 4.33. The zero-order valence-electron chi connectivity index (χ0n) is 15.4. The van der Waals surface area contributed by atoms with Crippen LogP contribution in [0.3, 0.4) is 0 Å². The number of hydrogen-bond donors (Lipinski definition) is 1. The average Bonchev–Trinajstić information content (AvgIpc) is 3.25.